The summed E-state index contributed by atoms with van der Waals surface area (Å²) in [6.07, 6.45) is 5.07. The van der Waals surface area contributed by atoms with Crippen molar-refractivity contribution in [2.45, 2.75) is 19.3 Å². The van der Waals surface area contributed by atoms with E-state index < -0.39 is 0 Å². The third kappa shape index (κ3) is 3.98. The maximum atomic E-state index is 12.7. The van der Waals surface area contributed by atoms with Crippen LogP contribution in [0, 0.1) is 0 Å². The van der Waals surface area contributed by atoms with Crippen LogP contribution in [0.15, 0.2) is 45.7 Å². The minimum absolute atomic E-state index is 0.227. The molecule has 0 spiro atoms. The Hall–Kier alpha value is -2.02. The van der Waals surface area contributed by atoms with E-state index in [0.29, 0.717) is 28.1 Å². The van der Waals surface area contributed by atoms with E-state index in [1.54, 1.807) is 18.2 Å². The van der Waals surface area contributed by atoms with Crippen molar-refractivity contribution >= 4 is 40.6 Å². The molecule has 2 aliphatic rings. The van der Waals surface area contributed by atoms with Crippen LogP contribution in [0.3, 0.4) is 0 Å². The molecule has 0 radical (unpaired) electrons. The molecule has 0 atom stereocenters. The van der Waals surface area contributed by atoms with E-state index >= 15 is 0 Å². The fourth-order valence-corrected chi connectivity index (χ4v) is 4.33. The van der Waals surface area contributed by atoms with Crippen molar-refractivity contribution in [3.05, 3.63) is 52.1 Å². The van der Waals surface area contributed by atoms with Gasteiger partial charge in [-0.25, -0.2) is 0 Å². The van der Waals surface area contributed by atoms with Gasteiger partial charge >= 0.3 is 0 Å². The zero-order valence-electron chi connectivity index (χ0n) is 14.7. The largest absolute Gasteiger partial charge is 0.457 e. The molecule has 27 heavy (non-hydrogen) atoms. The Labute approximate surface area is 167 Å². The Kier molecular flexibility index (Phi) is 5.38. The minimum atomic E-state index is -0.258. The average molecular weight is 403 g/mol. The molecule has 2 fully saturated rings. The fourth-order valence-electron chi connectivity index (χ4n) is 3.29. The van der Waals surface area contributed by atoms with Crippen LogP contribution in [0.5, 0.6) is 0 Å². The van der Waals surface area contributed by atoms with Crippen molar-refractivity contribution in [2.75, 3.05) is 19.8 Å². The second kappa shape index (κ2) is 7.92. The van der Waals surface area contributed by atoms with Gasteiger partial charge in [0.15, 0.2) is 0 Å². The van der Waals surface area contributed by atoms with Gasteiger partial charge in [0.05, 0.1) is 16.6 Å². The van der Waals surface area contributed by atoms with Gasteiger partial charge in [-0.1, -0.05) is 30.2 Å². The number of amides is 2. The molecule has 2 saturated heterocycles. The maximum absolute atomic E-state index is 12.7. The summed E-state index contributed by atoms with van der Waals surface area (Å²) in [5, 5.41) is 0.370. The van der Waals surface area contributed by atoms with Gasteiger partial charge in [-0.2, -0.15) is 0 Å². The van der Waals surface area contributed by atoms with Gasteiger partial charge in [-0.15, -0.1) is 0 Å². The van der Waals surface area contributed by atoms with Gasteiger partial charge in [-0.05, 0) is 62.0 Å². The smallest absolute Gasteiger partial charge is 0.294 e. The maximum Gasteiger partial charge on any atom is 0.294 e. The fraction of sp³-hybridized carbons (Fsp3) is 0.300. The summed E-state index contributed by atoms with van der Waals surface area (Å²) < 4.78 is 5.81. The molecule has 0 unspecified atom stereocenters. The monoisotopic (exact) mass is 402 g/mol. The Morgan fingerprint density at radius 2 is 1.85 bits per heavy atom. The van der Waals surface area contributed by atoms with Gasteiger partial charge in [0.1, 0.15) is 11.5 Å². The highest BCUT2D eigenvalue weighted by Crippen LogP contribution is 2.34. The molecule has 2 aromatic rings. The molecular weight excluding hydrogens is 384 g/mol. The molecule has 1 aromatic carbocycles. The average Bonchev–Trinajstić information content (AvgIpc) is 3.23. The molecule has 4 rings (SSSR count). The van der Waals surface area contributed by atoms with Crippen LogP contribution in [-0.4, -0.2) is 40.7 Å². The molecule has 1 aromatic heterocycles. The van der Waals surface area contributed by atoms with E-state index in [9.17, 15) is 9.59 Å². The standard InChI is InChI=1S/C20H19ClN2O3S/c21-16-7-3-2-6-15(16)17-9-8-14(26-17)12-18-19(24)23(20(25)27-18)13-22-10-4-1-5-11-22/h2-3,6-9,12H,1,4-5,10-11,13H2/b18-12+. The summed E-state index contributed by atoms with van der Waals surface area (Å²) in [6.45, 7) is 2.23. The van der Waals surface area contributed by atoms with Crippen LogP contribution in [-0.2, 0) is 4.79 Å². The Morgan fingerprint density at radius 1 is 1.07 bits per heavy atom. The lowest BCUT2D eigenvalue weighted by Gasteiger charge is -2.29. The SMILES string of the molecule is O=C1S/C(=C/c2ccc(-c3ccccc3Cl)o2)C(=O)N1CN1CCCCC1. The number of carbonyl (C=O) groups is 2. The molecule has 2 aliphatic heterocycles. The number of hydrogen-bond donors (Lipinski definition) is 0. The lowest BCUT2D eigenvalue weighted by atomic mass is 10.1. The number of piperidine rings is 1. The van der Waals surface area contributed by atoms with Crippen LogP contribution < -0.4 is 0 Å². The highest BCUT2D eigenvalue weighted by molar-refractivity contribution is 8.18. The number of halogens is 1. The van der Waals surface area contributed by atoms with Crippen LogP contribution in [0.25, 0.3) is 17.4 Å². The number of carbonyl (C=O) groups excluding carboxylic acids is 2. The van der Waals surface area contributed by atoms with Crippen molar-refractivity contribution in [2.24, 2.45) is 0 Å². The van der Waals surface area contributed by atoms with Gasteiger partial charge < -0.3 is 4.42 Å². The van der Waals surface area contributed by atoms with Gasteiger partial charge in [0.25, 0.3) is 11.1 Å². The molecule has 3 heterocycles. The summed E-state index contributed by atoms with van der Waals surface area (Å²) in [7, 11) is 0. The third-order valence-corrected chi connectivity index (χ3v) is 5.94. The Morgan fingerprint density at radius 3 is 2.63 bits per heavy atom. The predicted molar refractivity (Wildman–Crippen MR) is 107 cm³/mol. The highest BCUT2D eigenvalue weighted by Gasteiger charge is 2.36. The molecule has 0 aliphatic carbocycles. The van der Waals surface area contributed by atoms with E-state index in [4.69, 9.17) is 16.0 Å². The number of furan rings is 1. The molecule has 0 saturated carbocycles. The molecule has 2 amide bonds. The number of nitrogens with zero attached hydrogens (tertiary/aromatic N) is 2. The van der Waals surface area contributed by atoms with Crippen molar-refractivity contribution in [3.63, 3.8) is 0 Å². The van der Waals surface area contributed by atoms with E-state index in [-0.39, 0.29) is 11.1 Å². The quantitative estimate of drug-likeness (QED) is 0.667. The van der Waals surface area contributed by atoms with E-state index in [2.05, 4.69) is 4.90 Å². The Balaban J connectivity index is 1.50. The van der Waals surface area contributed by atoms with E-state index in [0.717, 1.165) is 43.3 Å². The van der Waals surface area contributed by atoms with Crippen molar-refractivity contribution < 1.29 is 14.0 Å². The van der Waals surface area contributed by atoms with Crippen molar-refractivity contribution in [1.82, 2.24) is 9.80 Å². The third-order valence-electron chi connectivity index (χ3n) is 4.70. The zero-order valence-corrected chi connectivity index (χ0v) is 16.3. The highest BCUT2D eigenvalue weighted by atomic mass is 35.5. The summed E-state index contributed by atoms with van der Waals surface area (Å²) in [4.78, 5) is 28.8. The van der Waals surface area contributed by atoms with Crippen LogP contribution >= 0.6 is 23.4 Å². The summed E-state index contributed by atoms with van der Waals surface area (Å²) >= 11 is 7.16. The van der Waals surface area contributed by atoms with Gasteiger partial charge in [-0.3, -0.25) is 19.4 Å². The molecule has 7 heteroatoms. The molecule has 5 nitrogen and oxygen atoms in total. The lowest BCUT2D eigenvalue weighted by molar-refractivity contribution is -0.124. The lowest BCUT2D eigenvalue weighted by Crippen LogP contribution is -2.42. The number of rotatable bonds is 4. The number of thioether (sulfide) groups is 1. The first-order chi connectivity index (χ1) is 13.1. The second-order valence-electron chi connectivity index (χ2n) is 6.61. The number of hydrogen-bond acceptors (Lipinski definition) is 5. The number of likely N-dealkylation sites (tertiary alicyclic amines) is 1. The van der Waals surface area contributed by atoms with Crippen molar-refractivity contribution in [3.8, 4) is 11.3 Å². The second-order valence-corrected chi connectivity index (χ2v) is 8.01. The van der Waals surface area contributed by atoms with Gasteiger partial charge in [0, 0.05) is 11.6 Å². The van der Waals surface area contributed by atoms with Crippen LogP contribution in [0.2, 0.25) is 5.02 Å². The minimum Gasteiger partial charge on any atom is -0.457 e. The number of imide groups is 1. The molecular formula is C20H19ClN2O3S. The normalized spacial score (nSPS) is 20.0. The van der Waals surface area contributed by atoms with Gasteiger partial charge in [0.2, 0.25) is 0 Å². The topological polar surface area (TPSA) is 53.8 Å². The van der Waals surface area contributed by atoms with Crippen LogP contribution in [0.1, 0.15) is 25.0 Å². The Bertz CT molecular complexity index is 902. The first kappa shape index (κ1) is 18.3. The van der Waals surface area contributed by atoms with Crippen molar-refractivity contribution in [1.29, 1.82) is 0 Å². The number of benzene rings is 1. The molecule has 0 N–H and O–H groups in total. The van der Waals surface area contributed by atoms with Crippen LogP contribution in [0.4, 0.5) is 4.79 Å². The predicted octanol–water partition coefficient (Wildman–Crippen LogP) is 5.08. The first-order valence-corrected chi connectivity index (χ1v) is 10.1. The first-order valence-electron chi connectivity index (χ1n) is 8.94. The molecule has 0 bridgehead atoms. The van der Waals surface area contributed by atoms with E-state index in [1.165, 1.54) is 11.3 Å². The summed E-state index contributed by atoms with van der Waals surface area (Å²) in [5.74, 6) is 0.888. The zero-order chi connectivity index (χ0) is 18.8. The summed E-state index contributed by atoms with van der Waals surface area (Å²) in [6, 6.07) is 11.0. The summed E-state index contributed by atoms with van der Waals surface area (Å²) in [5.41, 5.74) is 0.789. The molecule has 140 valence electrons. The van der Waals surface area contributed by atoms with E-state index in [1.807, 2.05) is 24.3 Å².